The molecular formula is C24H24N2O2. The second kappa shape index (κ2) is 7.77. The zero-order chi connectivity index (χ0) is 19.5. The summed E-state index contributed by atoms with van der Waals surface area (Å²) >= 11 is 0. The molecule has 1 heterocycles. The van der Waals surface area contributed by atoms with E-state index >= 15 is 0 Å². The van der Waals surface area contributed by atoms with E-state index in [0.29, 0.717) is 12.1 Å². The molecule has 1 unspecified atom stereocenters. The van der Waals surface area contributed by atoms with Gasteiger partial charge in [0.05, 0.1) is 11.7 Å². The van der Waals surface area contributed by atoms with Gasteiger partial charge in [-0.1, -0.05) is 60.7 Å². The van der Waals surface area contributed by atoms with Crippen LogP contribution in [0.5, 0.6) is 5.75 Å². The van der Waals surface area contributed by atoms with Gasteiger partial charge in [-0.25, -0.2) is 0 Å². The van der Waals surface area contributed by atoms with Gasteiger partial charge in [0, 0.05) is 17.8 Å². The Morgan fingerprint density at radius 2 is 1.61 bits per heavy atom. The Morgan fingerprint density at radius 3 is 2.39 bits per heavy atom. The average molecular weight is 372 g/mol. The summed E-state index contributed by atoms with van der Waals surface area (Å²) in [6.45, 7) is 4.53. The van der Waals surface area contributed by atoms with E-state index in [0.717, 1.165) is 22.6 Å². The van der Waals surface area contributed by atoms with E-state index in [1.165, 1.54) is 0 Å². The molecule has 28 heavy (non-hydrogen) atoms. The number of anilines is 1. The molecule has 1 aliphatic heterocycles. The van der Waals surface area contributed by atoms with Crippen molar-refractivity contribution in [3.63, 3.8) is 0 Å². The van der Waals surface area contributed by atoms with Crippen LogP contribution in [-0.4, -0.2) is 16.9 Å². The fourth-order valence-corrected chi connectivity index (χ4v) is 3.55. The molecule has 3 aromatic rings. The van der Waals surface area contributed by atoms with Crippen molar-refractivity contribution < 1.29 is 9.53 Å². The highest BCUT2D eigenvalue weighted by Gasteiger charge is 2.34. The van der Waals surface area contributed by atoms with E-state index in [-0.39, 0.29) is 18.2 Å². The van der Waals surface area contributed by atoms with Crippen LogP contribution >= 0.6 is 0 Å². The lowest BCUT2D eigenvalue weighted by Gasteiger charge is -2.39. The number of carbonyl (C=O) groups is 1. The number of amides is 1. The van der Waals surface area contributed by atoms with E-state index in [9.17, 15) is 4.79 Å². The van der Waals surface area contributed by atoms with E-state index in [2.05, 4.69) is 5.32 Å². The molecular weight excluding hydrogens is 348 g/mol. The molecule has 0 spiro atoms. The van der Waals surface area contributed by atoms with Crippen LogP contribution in [0, 0.1) is 0 Å². The number of carbonyl (C=O) groups excluding carboxylic acids is 1. The van der Waals surface area contributed by atoms with Crippen molar-refractivity contribution in [3.05, 3.63) is 95.6 Å². The lowest BCUT2D eigenvalue weighted by atomic mass is 10.0. The topological polar surface area (TPSA) is 41.6 Å². The quantitative estimate of drug-likeness (QED) is 0.666. The lowest BCUT2D eigenvalue weighted by Crippen LogP contribution is -2.42. The van der Waals surface area contributed by atoms with Crippen LogP contribution in [0.4, 0.5) is 5.69 Å². The number of nitrogens with zero attached hydrogens (tertiary/aromatic N) is 1. The molecule has 0 saturated carbocycles. The second-order valence-corrected chi connectivity index (χ2v) is 7.22. The summed E-state index contributed by atoms with van der Waals surface area (Å²) in [6.07, 6.45) is -0.257. The standard InChI is InChI=1S/C24H24N2O2/c1-17(2)28-22-15-9-7-13-20(22)23-25-21-14-8-6-12-19(21)24(27)26(23)16-18-10-4-3-5-11-18/h3-15,17,23,25H,16H2,1-2H3. The van der Waals surface area contributed by atoms with Crippen LogP contribution in [0.3, 0.4) is 0 Å². The predicted octanol–water partition coefficient (Wildman–Crippen LogP) is 5.24. The van der Waals surface area contributed by atoms with Crippen molar-refractivity contribution >= 4 is 11.6 Å². The summed E-state index contributed by atoms with van der Waals surface area (Å²) in [5, 5.41) is 3.55. The van der Waals surface area contributed by atoms with E-state index < -0.39 is 0 Å². The van der Waals surface area contributed by atoms with Gasteiger partial charge < -0.3 is 15.0 Å². The van der Waals surface area contributed by atoms with Crippen molar-refractivity contribution in [2.45, 2.75) is 32.7 Å². The highest BCUT2D eigenvalue weighted by atomic mass is 16.5. The van der Waals surface area contributed by atoms with Gasteiger partial charge in [0.15, 0.2) is 0 Å². The first-order valence-corrected chi connectivity index (χ1v) is 9.59. The largest absolute Gasteiger partial charge is 0.491 e. The van der Waals surface area contributed by atoms with Gasteiger partial charge in [-0.3, -0.25) is 4.79 Å². The molecule has 1 aliphatic rings. The minimum atomic E-state index is -0.308. The summed E-state index contributed by atoms with van der Waals surface area (Å²) in [5.41, 5.74) is 3.58. The smallest absolute Gasteiger partial charge is 0.258 e. The van der Waals surface area contributed by atoms with E-state index in [1.54, 1.807) is 0 Å². The Bertz CT molecular complexity index is 969. The second-order valence-electron chi connectivity index (χ2n) is 7.22. The molecule has 4 heteroatoms. The SMILES string of the molecule is CC(C)Oc1ccccc1C1Nc2ccccc2C(=O)N1Cc1ccccc1. The third-order valence-electron chi connectivity index (χ3n) is 4.79. The number of hydrogen-bond donors (Lipinski definition) is 1. The predicted molar refractivity (Wildman–Crippen MR) is 111 cm³/mol. The van der Waals surface area contributed by atoms with E-state index in [4.69, 9.17) is 4.74 Å². The third kappa shape index (κ3) is 3.58. The molecule has 1 atom stereocenters. The monoisotopic (exact) mass is 372 g/mol. The molecule has 0 radical (unpaired) electrons. The van der Waals surface area contributed by atoms with E-state index in [1.807, 2.05) is 97.6 Å². The molecule has 0 aromatic heterocycles. The van der Waals surface area contributed by atoms with Crippen LogP contribution in [0.2, 0.25) is 0 Å². The minimum Gasteiger partial charge on any atom is -0.491 e. The normalized spacial score (nSPS) is 15.9. The van der Waals surface area contributed by atoms with Gasteiger partial charge in [0.2, 0.25) is 0 Å². The highest BCUT2D eigenvalue weighted by molar-refractivity contribution is 6.01. The Balaban J connectivity index is 1.78. The maximum absolute atomic E-state index is 13.4. The summed E-state index contributed by atoms with van der Waals surface area (Å²) in [7, 11) is 0. The first-order valence-electron chi connectivity index (χ1n) is 9.59. The molecule has 3 aromatic carbocycles. The summed E-state index contributed by atoms with van der Waals surface area (Å²) < 4.78 is 6.04. The Morgan fingerprint density at radius 1 is 0.929 bits per heavy atom. The Kier molecular flexibility index (Phi) is 5.02. The van der Waals surface area contributed by atoms with Crippen molar-refractivity contribution in [1.29, 1.82) is 0 Å². The number of fused-ring (bicyclic) bond motifs is 1. The number of hydrogen-bond acceptors (Lipinski definition) is 3. The van der Waals surface area contributed by atoms with Gasteiger partial charge >= 0.3 is 0 Å². The van der Waals surface area contributed by atoms with Crippen LogP contribution in [-0.2, 0) is 6.54 Å². The minimum absolute atomic E-state index is 0.0163. The van der Waals surface area contributed by atoms with Crippen LogP contribution in [0.1, 0.15) is 41.5 Å². The summed E-state index contributed by atoms with van der Waals surface area (Å²) in [4.78, 5) is 15.3. The molecule has 0 fully saturated rings. The van der Waals surface area contributed by atoms with Gasteiger partial charge in [-0.05, 0) is 37.6 Å². The third-order valence-corrected chi connectivity index (χ3v) is 4.79. The fraction of sp³-hybridized carbons (Fsp3) is 0.208. The van der Waals surface area contributed by atoms with Gasteiger partial charge in [0.1, 0.15) is 11.9 Å². The van der Waals surface area contributed by atoms with Gasteiger partial charge in [0.25, 0.3) is 5.91 Å². The van der Waals surface area contributed by atoms with Crippen molar-refractivity contribution in [2.75, 3.05) is 5.32 Å². The van der Waals surface area contributed by atoms with Crippen LogP contribution in [0.25, 0.3) is 0 Å². The molecule has 4 nitrogen and oxygen atoms in total. The Labute approximate surface area is 165 Å². The van der Waals surface area contributed by atoms with Crippen LogP contribution < -0.4 is 10.1 Å². The first-order chi connectivity index (χ1) is 13.6. The highest BCUT2D eigenvalue weighted by Crippen LogP contribution is 2.37. The first kappa shape index (κ1) is 18.1. The summed E-state index contributed by atoms with van der Waals surface area (Å²) in [5.74, 6) is 0.808. The van der Waals surface area contributed by atoms with Crippen LogP contribution in [0.15, 0.2) is 78.9 Å². The molecule has 4 rings (SSSR count). The molecule has 0 aliphatic carbocycles. The zero-order valence-electron chi connectivity index (χ0n) is 16.1. The number of rotatable bonds is 5. The summed E-state index contributed by atoms with van der Waals surface area (Å²) in [6, 6.07) is 25.7. The number of para-hydroxylation sites is 2. The Hall–Kier alpha value is -3.27. The maximum Gasteiger partial charge on any atom is 0.258 e. The van der Waals surface area contributed by atoms with Crippen molar-refractivity contribution in [1.82, 2.24) is 4.90 Å². The number of nitrogens with one attached hydrogen (secondary N) is 1. The number of ether oxygens (including phenoxy) is 1. The van der Waals surface area contributed by atoms with Crippen molar-refractivity contribution in [3.8, 4) is 5.75 Å². The fourth-order valence-electron chi connectivity index (χ4n) is 3.55. The van der Waals surface area contributed by atoms with Gasteiger partial charge in [-0.15, -0.1) is 0 Å². The molecule has 1 amide bonds. The maximum atomic E-state index is 13.4. The molecule has 0 saturated heterocycles. The average Bonchev–Trinajstić information content (AvgIpc) is 2.71. The van der Waals surface area contributed by atoms with Gasteiger partial charge in [-0.2, -0.15) is 0 Å². The zero-order valence-corrected chi connectivity index (χ0v) is 16.1. The van der Waals surface area contributed by atoms with Crippen molar-refractivity contribution in [2.24, 2.45) is 0 Å². The molecule has 142 valence electrons. The number of benzene rings is 3. The molecule has 0 bridgehead atoms. The lowest BCUT2D eigenvalue weighted by molar-refractivity contribution is 0.0663. The molecule has 1 N–H and O–H groups in total.